The molecule has 1 fully saturated rings. The standard InChI is InChI=1S/C22H31N5O2.HI/c1-3-23-22(25-13-5-12-24-20(28)17-6-4-7-17)26-14-19-15-29-21(27-19)18-10-8-16(2)9-11-18;/h8-11,15,17H,3-7,12-14H2,1-2H3,(H,24,28)(H2,23,25,26);1H. The number of halogens is 1. The summed E-state index contributed by atoms with van der Waals surface area (Å²) < 4.78 is 5.59. The second kappa shape index (κ2) is 12.6. The predicted molar refractivity (Wildman–Crippen MR) is 130 cm³/mol. The molecule has 1 heterocycles. The molecule has 0 aliphatic heterocycles. The molecule has 0 radical (unpaired) electrons. The van der Waals surface area contributed by atoms with Crippen molar-refractivity contribution in [2.75, 3.05) is 19.6 Å². The highest BCUT2D eigenvalue weighted by atomic mass is 127. The van der Waals surface area contributed by atoms with Gasteiger partial charge < -0.3 is 20.4 Å². The van der Waals surface area contributed by atoms with Crippen molar-refractivity contribution in [3.8, 4) is 11.5 Å². The number of aromatic nitrogens is 1. The molecule has 2 aromatic rings. The molecule has 0 unspecified atom stereocenters. The first-order valence-electron chi connectivity index (χ1n) is 10.5. The first kappa shape index (κ1) is 24.2. The van der Waals surface area contributed by atoms with E-state index in [-0.39, 0.29) is 35.8 Å². The summed E-state index contributed by atoms with van der Waals surface area (Å²) in [5.41, 5.74) is 2.94. The molecule has 1 aromatic heterocycles. The number of guanidine groups is 1. The lowest BCUT2D eigenvalue weighted by Gasteiger charge is -2.24. The van der Waals surface area contributed by atoms with Gasteiger partial charge in [0.1, 0.15) is 12.0 Å². The number of aliphatic imine (C=N–C) groups is 1. The minimum absolute atomic E-state index is 0. The summed E-state index contributed by atoms with van der Waals surface area (Å²) in [6, 6.07) is 8.09. The predicted octanol–water partition coefficient (Wildman–Crippen LogP) is 3.63. The zero-order valence-corrected chi connectivity index (χ0v) is 20.1. The van der Waals surface area contributed by atoms with Crippen LogP contribution in [0.3, 0.4) is 0 Å². The summed E-state index contributed by atoms with van der Waals surface area (Å²) >= 11 is 0. The molecule has 0 saturated heterocycles. The van der Waals surface area contributed by atoms with Crippen LogP contribution in [-0.2, 0) is 11.3 Å². The lowest BCUT2D eigenvalue weighted by molar-refractivity contribution is -0.127. The van der Waals surface area contributed by atoms with Gasteiger partial charge in [-0.2, -0.15) is 0 Å². The number of amides is 1. The number of hydrogen-bond donors (Lipinski definition) is 3. The molecule has 0 spiro atoms. The molecule has 0 bridgehead atoms. The summed E-state index contributed by atoms with van der Waals surface area (Å²) in [5, 5.41) is 9.53. The van der Waals surface area contributed by atoms with Crippen LogP contribution >= 0.6 is 24.0 Å². The highest BCUT2D eigenvalue weighted by Crippen LogP contribution is 2.26. The highest BCUT2D eigenvalue weighted by Gasteiger charge is 2.24. The van der Waals surface area contributed by atoms with Crippen molar-refractivity contribution in [2.24, 2.45) is 10.9 Å². The summed E-state index contributed by atoms with van der Waals surface area (Å²) in [4.78, 5) is 20.9. The average Bonchev–Trinajstić information content (AvgIpc) is 3.14. The van der Waals surface area contributed by atoms with E-state index in [0.29, 0.717) is 19.0 Å². The first-order valence-corrected chi connectivity index (χ1v) is 10.5. The normalized spacial score (nSPS) is 13.9. The molecule has 7 nitrogen and oxygen atoms in total. The lowest BCUT2D eigenvalue weighted by atomic mass is 9.85. The number of aryl methyl sites for hydroxylation is 1. The van der Waals surface area contributed by atoms with Crippen molar-refractivity contribution in [1.82, 2.24) is 20.9 Å². The minimum atomic E-state index is 0. The zero-order chi connectivity index (χ0) is 20.5. The maximum Gasteiger partial charge on any atom is 0.226 e. The van der Waals surface area contributed by atoms with Crippen molar-refractivity contribution in [2.45, 2.75) is 46.1 Å². The molecule has 1 saturated carbocycles. The number of nitrogens with zero attached hydrogens (tertiary/aromatic N) is 2. The number of hydrogen-bond acceptors (Lipinski definition) is 4. The van der Waals surface area contributed by atoms with Gasteiger partial charge in [-0.3, -0.25) is 4.79 Å². The van der Waals surface area contributed by atoms with Gasteiger partial charge in [-0.05, 0) is 45.2 Å². The van der Waals surface area contributed by atoms with E-state index in [9.17, 15) is 4.79 Å². The van der Waals surface area contributed by atoms with Crippen LogP contribution in [0.15, 0.2) is 39.9 Å². The van der Waals surface area contributed by atoms with Crippen molar-refractivity contribution in [3.63, 3.8) is 0 Å². The molecule has 8 heteroatoms. The Bertz CT molecular complexity index is 815. The summed E-state index contributed by atoms with van der Waals surface area (Å²) in [6.07, 6.45) is 5.76. The Morgan fingerprint density at radius 2 is 1.90 bits per heavy atom. The number of benzene rings is 1. The van der Waals surface area contributed by atoms with E-state index < -0.39 is 0 Å². The molecular weight excluding hydrogens is 493 g/mol. The van der Waals surface area contributed by atoms with E-state index in [1.807, 2.05) is 31.2 Å². The second-order valence-corrected chi connectivity index (χ2v) is 7.40. The number of carbonyl (C=O) groups is 1. The zero-order valence-electron chi connectivity index (χ0n) is 17.7. The number of nitrogens with one attached hydrogen (secondary N) is 3. The molecule has 3 N–H and O–H groups in total. The van der Waals surface area contributed by atoms with Gasteiger partial charge in [-0.25, -0.2) is 9.98 Å². The maximum atomic E-state index is 11.8. The fourth-order valence-corrected chi connectivity index (χ4v) is 3.03. The van der Waals surface area contributed by atoms with Crippen LogP contribution < -0.4 is 16.0 Å². The number of oxazole rings is 1. The van der Waals surface area contributed by atoms with Gasteiger partial charge in [0, 0.05) is 31.1 Å². The number of carbonyl (C=O) groups excluding carboxylic acids is 1. The lowest BCUT2D eigenvalue weighted by Crippen LogP contribution is -2.39. The largest absolute Gasteiger partial charge is 0.444 e. The van der Waals surface area contributed by atoms with Crippen LogP contribution in [0.1, 0.15) is 43.9 Å². The Balaban J connectivity index is 0.00000320. The topological polar surface area (TPSA) is 91.6 Å². The van der Waals surface area contributed by atoms with E-state index in [1.165, 1.54) is 12.0 Å². The van der Waals surface area contributed by atoms with Crippen molar-refractivity contribution in [3.05, 3.63) is 41.8 Å². The third kappa shape index (κ3) is 7.30. The summed E-state index contributed by atoms with van der Waals surface area (Å²) in [7, 11) is 0. The Kier molecular flexibility index (Phi) is 10.1. The first-order chi connectivity index (χ1) is 14.2. The van der Waals surface area contributed by atoms with Gasteiger partial charge in [0.05, 0.1) is 6.54 Å². The monoisotopic (exact) mass is 525 g/mol. The third-order valence-electron chi connectivity index (χ3n) is 5.01. The average molecular weight is 525 g/mol. The molecular formula is C22H32IN5O2. The van der Waals surface area contributed by atoms with Crippen molar-refractivity contribution in [1.29, 1.82) is 0 Å². The molecule has 1 amide bonds. The Labute approximate surface area is 195 Å². The van der Waals surface area contributed by atoms with Gasteiger partial charge in [-0.1, -0.05) is 24.1 Å². The van der Waals surface area contributed by atoms with Crippen LogP contribution in [0.2, 0.25) is 0 Å². The molecule has 1 aromatic carbocycles. The van der Waals surface area contributed by atoms with Gasteiger partial charge in [-0.15, -0.1) is 24.0 Å². The van der Waals surface area contributed by atoms with E-state index >= 15 is 0 Å². The Hall–Kier alpha value is -2.10. The van der Waals surface area contributed by atoms with Crippen LogP contribution in [0.5, 0.6) is 0 Å². The van der Waals surface area contributed by atoms with Crippen LogP contribution in [0.4, 0.5) is 0 Å². The summed E-state index contributed by atoms with van der Waals surface area (Å²) in [5.74, 6) is 1.79. The van der Waals surface area contributed by atoms with Gasteiger partial charge in [0.2, 0.25) is 11.8 Å². The van der Waals surface area contributed by atoms with E-state index in [1.54, 1.807) is 6.26 Å². The van der Waals surface area contributed by atoms with Crippen LogP contribution in [0, 0.1) is 12.8 Å². The molecule has 1 aliphatic rings. The van der Waals surface area contributed by atoms with E-state index in [0.717, 1.165) is 49.6 Å². The van der Waals surface area contributed by atoms with Gasteiger partial charge in [0.25, 0.3) is 0 Å². The van der Waals surface area contributed by atoms with Crippen LogP contribution in [-0.4, -0.2) is 36.5 Å². The summed E-state index contributed by atoms with van der Waals surface area (Å²) in [6.45, 7) is 6.72. The minimum Gasteiger partial charge on any atom is -0.444 e. The quantitative estimate of drug-likeness (QED) is 0.201. The molecule has 0 atom stereocenters. The Morgan fingerprint density at radius 1 is 1.17 bits per heavy atom. The molecule has 164 valence electrons. The maximum absolute atomic E-state index is 11.8. The van der Waals surface area contributed by atoms with E-state index in [4.69, 9.17) is 4.42 Å². The third-order valence-corrected chi connectivity index (χ3v) is 5.01. The Morgan fingerprint density at radius 3 is 2.57 bits per heavy atom. The van der Waals surface area contributed by atoms with Gasteiger partial charge in [0.15, 0.2) is 5.96 Å². The van der Waals surface area contributed by atoms with Gasteiger partial charge >= 0.3 is 0 Å². The molecule has 1 aliphatic carbocycles. The van der Waals surface area contributed by atoms with Crippen molar-refractivity contribution >= 4 is 35.8 Å². The number of rotatable bonds is 9. The smallest absolute Gasteiger partial charge is 0.226 e. The second-order valence-electron chi connectivity index (χ2n) is 7.40. The fourth-order valence-electron chi connectivity index (χ4n) is 3.03. The molecule has 30 heavy (non-hydrogen) atoms. The van der Waals surface area contributed by atoms with Crippen LogP contribution in [0.25, 0.3) is 11.5 Å². The van der Waals surface area contributed by atoms with E-state index in [2.05, 4.69) is 32.9 Å². The van der Waals surface area contributed by atoms with Crippen molar-refractivity contribution < 1.29 is 9.21 Å². The fraction of sp³-hybridized carbons (Fsp3) is 0.500. The molecule has 3 rings (SSSR count). The SMILES string of the molecule is CCNC(=NCc1coc(-c2ccc(C)cc2)n1)NCCCNC(=O)C1CCC1.I. The highest BCUT2D eigenvalue weighted by molar-refractivity contribution is 14.0.